The van der Waals surface area contributed by atoms with Gasteiger partial charge in [-0.05, 0) is 12.0 Å². The number of carbonyl (C=O) groups is 1. The molecule has 1 aliphatic heterocycles. The minimum absolute atomic E-state index is 0.00102. The molecule has 0 spiro atoms. The van der Waals surface area contributed by atoms with Crippen molar-refractivity contribution in [3.05, 3.63) is 35.9 Å². The Kier molecular flexibility index (Phi) is 5.32. The van der Waals surface area contributed by atoms with E-state index in [0.29, 0.717) is 19.6 Å². The molecule has 1 aromatic carbocycles. The summed E-state index contributed by atoms with van der Waals surface area (Å²) in [6.45, 7) is 1.24. The molecule has 1 aliphatic rings. The van der Waals surface area contributed by atoms with Crippen molar-refractivity contribution < 1.29 is 19.4 Å². The first-order valence-electron chi connectivity index (χ1n) is 6.42. The zero-order valence-corrected chi connectivity index (χ0v) is 10.7. The van der Waals surface area contributed by atoms with Crippen LogP contribution in [0.1, 0.15) is 12.0 Å². The van der Waals surface area contributed by atoms with E-state index in [1.165, 1.54) is 0 Å². The summed E-state index contributed by atoms with van der Waals surface area (Å²) >= 11 is 0. The number of rotatable bonds is 5. The fraction of sp³-hybridized carbons (Fsp3) is 0.500. The van der Waals surface area contributed by atoms with Crippen LogP contribution in [0, 0.1) is 0 Å². The number of aliphatic hydroxyl groups excluding tert-OH is 1. The van der Waals surface area contributed by atoms with Crippen LogP contribution >= 0.6 is 0 Å². The van der Waals surface area contributed by atoms with E-state index >= 15 is 0 Å². The SMILES string of the molecule is O=C(COCc1ccccc1)N[C@@H]1CCOC[C@H]1O. The summed E-state index contributed by atoms with van der Waals surface area (Å²) in [5.41, 5.74) is 1.03. The lowest BCUT2D eigenvalue weighted by atomic mass is 10.1. The normalized spacial score (nSPS) is 23.0. The third-order valence-corrected chi connectivity index (χ3v) is 3.02. The lowest BCUT2D eigenvalue weighted by molar-refractivity contribution is -0.129. The highest BCUT2D eigenvalue weighted by atomic mass is 16.5. The molecule has 0 bridgehead atoms. The number of hydrogen-bond donors (Lipinski definition) is 2. The maximum Gasteiger partial charge on any atom is 0.246 e. The van der Waals surface area contributed by atoms with Crippen LogP contribution in [-0.4, -0.2) is 43.0 Å². The Labute approximate surface area is 112 Å². The molecule has 0 unspecified atom stereocenters. The predicted octanol–water partition coefficient (Wildman–Crippen LogP) is 0.469. The second-order valence-electron chi connectivity index (χ2n) is 4.58. The molecular formula is C14H19NO4. The fourth-order valence-electron chi connectivity index (χ4n) is 1.98. The monoisotopic (exact) mass is 265 g/mol. The first kappa shape index (κ1) is 14.0. The summed E-state index contributed by atoms with van der Waals surface area (Å²) in [5, 5.41) is 12.4. The number of carbonyl (C=O) groups excluding carboxylic acids is 1. The zero-order valence-electron chi connectivity index (χ0n) is 10.7. The standard InChI is InChI=1S/C14H19NO4/c16-13-9-18-7-6-12(13)15-14(17)10-19-8-11-4-2-1-3-5-11/h1-5,12-13,16H,6-10H2,(H,15,17)/t12-,13-/m1/s1. The Morgan fingerprint density at radius 2 is 2.21 bits per heavy atom. The second kappa shape index (κ2) is 7.23. The van der Waals surface area contributed by atoms with Gasteiger partial charge in [0.2, 0.25) is 5.91 Å². The zero-order chi connectivity index (χ0) is 13.5. The summed E-state index contributed by atoms with van der Waals surface area (Å²) in [6, 6.07) is 9.44. The molecule has 1 fully saturated rings. The van der Waals surface area contributed by atoms with E-state index in [0.717, 1.165) is 5.56 Å². The fourth-order valence-corrected chi connectivity index (χ4v) is 1.98. The smallest absolute Gasteiger partial charge is 0.246 e. The number of aliphatic hydroxyl groups is 1. The molecule has 104 valence electrons. The van der Waals surface area contributed by atoms with Crippen molar-refractivity contribution >= 4 is 5.91 Å². The van der Waals surface area contributed by atoms with E-state index in [1.807, 2.05) is 30.3 Å². The van der Waals surface area contributed by atoms with Gasteiger partial charge in [-0.3, -0.25) is 4.79 Å². The summed E-state index contributed by atoms with van der Waals surface area (Å²) < 4.78 is 10.4. The van der Waals surface area contributed by atoms with Gasteiger partial charge in [0.1, 0.15) is 6.61 Å². The topological polar surface area (TPSA) is 67.8 Å². The summed E-state index contributed by atoms with van der Waals surface area (Å²) in [7, 11) is 0. The van der Waals surface area contributed by atoms with E-state index < -0.39 is 6.10 Å². The summed E-state index contributed by atoms with van der Waals surface area (Å²) in [4.78, 5) is 11.7. The van der Waals surface area contributed by atoms with Gasteiger partial charge in [-0.25, -0.2) is 0 Å². The average Bonchev–Trinajstić information content (AvgIpc) is 2.43. The summed E-state index contributed by atoms with van der Waals surface area (Å²) in [6.07, 6.45) is -0.00202. The molecule has 0 aromatic heterocycles. The Morgan fingerprint density at radius 1 is 1.42 bits per heavy atom. The largest absolute Gasteiger partial charge is 0.389 e. The quantitative estimate of drug-likeness (QED) is 0.812. The third-order valence-electron chi connectivity index (χ3n) is 3.02. The first-order chi connectivity index (χ1) is 9.25. The Bertz CT molecular complexity index is 396. The Hall–Kier alpha value is -1.43. The molecule has 5 heteroatoms. The van der Waals surface area contributed by atoms with E-state index in [4.69, 9.17) is 9.47 Å². The highest BCUT2D eigenvalue weighted by Gasteiger charge is 2.24. The van der Waals surface area contributed by atoms with Gasteiger partial charge in [-0.2, -0.15) is 0 Å². The average molecular weight is 265 g/mol. The van der Waals surface area contributed by atoms with Gasteiger partial charge >= 0.3 is 0 Å². The van der Waals surface area contributed by atoms with E-state index in [2.05, 4.69) is 5.32 Å². The first-order valence-corrected chi connectivity index (χ1v) is 6.42. The van der Waals surface area contributed by atoms with Gasteiger partial charge in [0.05, 0.1) is 25.4 Å². The van der Waals surface area contributed by atoms with Crippen molar-refractivity contribution in [1.82, 2.24) is 5.32 Å². The molecule has 0 radical (unpaired) electrons. The van der Waals surface area contributed by atoms with E-state index in [1.54, 1.807) is 0 Å². The molecule has 1 amide bonds. The number of benzene rings is 1. The number of amides is 1. The van der Waals surface area contributed by atoms with Crippen LogP contribution < -0.4 is 5.32 Å². The van der Waals surface area contributed by atoms with Gasteiger partial charge in [0.25, 0.3) is 0 Å². The maximum atomic E-state index is 11.7. The van der Waals surface area contributed by atoms with Crippen LogP contribution in [0.4, 0.5) is 0 Å². The number of nitrogens with one attached hydrogen (secondary N) is 1. The van der Waals surface area contributed by atoms with Crippen molar-refractivity contribution in [2.24, 2.45) is 0 Å². The van der Waals surface area contributed by atoms with Gasteiger partial charge in [0, 0.05) is 6.61 Å². The molecule has 2 N–H and O–H groups in total. The molecule has 2 atom stereocenters. The lowest BCUT2D eigenvalue weighted by Crippen LogP contribution is -2.49. The predicted molar refractivity (Wildman–Crippen MR) is 69.5 cm³/mol. The molecule has 1 saturated heterocycles. The molecule has 5 nitrogen and oxygen atoms in total. The molecule has 0 saturated carbocycles. The van der Waals surface area contributed by atoms with Crippen LogP contribution in [-0.2, 0) is 20.9 Å². The lowest BCUT2D eigenvalue weighted by Gasteiger charge is -2.28. The Morgan fingerprint density at radius 3 is 2.95 bits per heavy atom. The van der Waals surface area contributed by atoms with Crippen LogP contribution in [0.15, 0.2) is 30.3 Å². The highest BCUT2D eigenvalue weighted by Crippen LogP contribution is 2.07. The maximum absolute atomic E-state index is 11.7. The second-order valence-corrected chi connectivity index (χ2v) is 4.58. The van der Waals surface area contributed by atoms with Gasteiger partial charge in [0.15, 0.2) is 0 Å². The number of ether oxygens (including phenoxy) is 2. The van der Waals surface area contributed by atoms with Crippen molar-refractivity contribution in [1.29, 1.82) is 0 Å². The van der Waals surface area contributed by atoms with Crippen LogP contribution in [0.25, 0.3) is 0 Å². The molecule has 19 heavy (non-hydrogen) atoms. The molecule has 2 rings (SSSR count). The van der Waals surface area contributed by atoms with Crippen LogP contribution in [0.5, 0.6) is 0 Å². The molecule has 1 aromatic rings. The van der Waals surface area contributed by atoms with Crippen molar-refractivity contribution in [2.45, 2.75) is 25.2 Å². The van der Waals surface area contributed by atoms with Crippen LogP contribution in [0.2, 0.25) is 0 Å². The molecule has 0 aliphatic carbocycles. The number of hydrogen-bond acceptors (Lipinski definition) is 4. The highest BCUT2D eigenvalue weighted by molar-refractivity contribution is 5.77. The van der Waals surface area contributed by atoms with Crippen molar-refractivity contribution in [2.75, 3.05) is 19.8 Å². The Balaban J connectivity index is 1.67. The molecule has 1 heterocycles. The van der Waals surface area contributed by atoms with Gasteiger partial charge in [-0.1, -0.05) is 30.3 Å². The van der Waals surface area contributed by atoms with E-state index in [9.17, 15) is 9.90 Å². The van der Waals surface area contributed by atoms with Crippen molar-refractivity contribution in [3.8, 4) is 0 Å². The third kappa shape index (κ3) is 4.63. The van der Waals surface area contributed by atoms with Crippen LogP contribution in [0.3, 0.4) is 0 Å². The molecular weight excluding hydrogens is 246 g/mol. The minimum atomic E-state index is -0.633. The van der Waals surface area contributed by atoms with Gasteiger partial charge in [-0.15, -0.1) is 0 Å². The van der Waals surface area contributed by atoms with E-state index in [-0.39, 0.29) is 25.2 Å². The minimum Gasteiger partial charge on any atom is -0.389 e. The van der Waals surface area contributed by atoms with Gasteiger partial charge < -0.3 is 19.9 Å². The summed E-state index contributed by atoms with van der Waals surface area (Å²) in [5.74, 6) is -0.207. The van der Waals surface area contributed by atoms with Crippen molar-refractivity contribution in [3.63, 3.8) is 0 Å².